The highest BCUT2D eigenvalue weighted by atomic mass is 16.3. The number of imidazole rings is 1. The van der Waals surface area contributed by atoms with Gasteiger partial charge in [-0.05, 0) is 46.5 Å². The van der Waals surface area contributed by atoms with Crippen molar-refractivity contribution < 1.29 is 9.90 Å². The van der Waals surface area contributed by atoms with E-state index >= 15 is 0 Å². The van der Waals surface area contributed by atoms with Gasteiger partial charge in [-0.3, -0.25) is 9.48 Å². The van der Waals surface area contributed by atoms with Crippen molar-refractivity contribution in [2.24, 2.45) is 7.05 Å². The maximum absolute atomic E-state index is 12.1. The van der Waals surface area contributed by atoms with Crippen molar-refractivity contribution in [1.82, 2.24) is 30.0 Å². The van der Waals surface area contributed by atoms with E-state index in [1.165, 1.54) is 11.1 Å². The SMILES string of the molecule is CN(C)C(=O)c1ccc(-c2ccc(-c3nn(C)c(-c4nc5cc6c(cc5[nH]4)CNC6)c3O)cc2)cc1. The molecular formula is C28H26N6O2. The molecule has 8 heteroatoms. The summed E-state index contributed by atoms with van der Waals surface area (Å²) in [6.45, 7) is 1.71. The van der Waals surface area contributed by atoms with Gasteiger partial charge >= 0.3 is 0 Å². The van der Waals surface area contributed by atoms with Crippen LogP contribution in [0.4, 0.5) is 0 Å². The lowest BCUT2D eigenvalue weighted by atomic mass is 10.0. The number of benzene rings is 3. The number of aromatic amines is 1. The molecule has 1 aliphatic rings. The van der Waals surface area contributed by atoms with Gasteiger partial charge in [-0.1, -0.05) is 36.4 Å². The minimum absolute atomic E-state index is 0.0242. The molecule has 36 heavy (non-hydrogen) atoms. The topological polar surface area (TPSA) is 99.1 Å². The lowest BCUT2D eigenvalue weighted by Gasteiger charge is -2.10. The molecule has 0 fully saturated rings. The molecule has 5 aromatic rings. The number of nitrogens with zero attached hydrogens (tertiary/aromatic N) is 4. The van der Waals surface area contributed by atoms with Crippen LogP contribution in [0.25, 0.3) is 44.9 Å². The molecule has 0 bridgehead atoms. The number of fused-ring (bicyclic) bond motifs is 2. The summed E-state index contributed by atoms with van der Waals surface area (Å²) in [5.74, 6) is 0.651. The van der Waals surface area contributed by atoms with Crippen LogP contribution in [-0.2, 0) is 20.1 Å². The second-order valence-electron chi connectivity index (χ2n) is 9.35. The van der Waals surface area contributed by atoms with E-state index in [2.05, 4.69) is 27.5 Å². The lowest BCUT2D eigenvalue weighted by Crippen LogP contribution is -2.21. The molecule has 6 rings (SSSR count). The van der Waals surface area contributed by atoms with Crippen molar-refractivity contribution >= 4 is 16.9 Å². The Kier molecular flexibility index (Phi) is 5.12. The molecule has 1 aliphatic heterocycles. The molecular weight excluding hydrogens is 452 g/mol. The first-order chi connectivity index (χ1) is 17.4. The van der Waals surface area contributed by atoms with Crippen molar-refractivity contribution in [3.63, 3.8) is 0 Å². The molecule has 2 aromatic heterocycles. The number of carbonyl (C=O) groups is 1. The molecule has 0 unspecified atom stereocenters. The molecule has 3 aromatic carbocycles. The molecule has 0 aliphatic carbocycles. The van der Waals surface area contributed by atoms with E-state index in [4.69, 9.17) is 4.98 Å². The van der Waals surface area contributed by atoms with E-state index in [1.54, 1.807) is 30.7 Å². The summed E-state index contributed by atoms with van der Waals surface area (Å²) < 4.78 is 1.66. The fourth-order valence-corrected chi connectivity index (χ4v) is 4.77. The van der Waals surface area contributed by atoms with Crippen LogP contribution >= 0.6 is 0 Å². The minimum Gasteiger partial charge on any atom is -0.504 e. The highest BCUT2D eigenvalue weighted by Crippen LogP contribution is 2.38. The van der Waals surface area contributed by atoms with Gasteiger partial charge in [0.05, 0.1) is 11.0 Å². The Morgan fingerprint density at radius 1 is 0.944 bits per heavy atom. The minimum atomic E-state index is -0.0242. The number of nitrogens with one attached hydrogen (secondary N) is 2. The molecule has 0 saturated heterocycles. The van der Waals surface area contributed by atoms with E-state index in [9.17, 15) is 9.90 Å². The van der Waals surface area contributed by atoms with Gasteiger partial charge in [0.2, 0.25) is 0 Å². The smallest absolute Gasteiger partial charge is 0.253 e. The Morgan fingerprint density at radius 2 is 1.56 bits per heavy atom. The third-order valence-corrected chi connectivity index (χ3v) is 6.71. The molecule has 8 nitrogen and oxygen atoms in total. The molecule has 180 valence electrons. The summed E-state index contributed by atoms with van der Waals surface area (Å²) in [7, 11) is 5.29. The molecule has 0 spiro atoms. The van der Waals surface area contributed by atoms with E-state index in [-0.39, 0.29) is 11.7 Å². The molecule has 0 atom stereocenters. The van der Waals surface area contributed by atoms with Crippen LogP contribution in [-0.4, -0.2) is 49.8 Å². The average Bonchev–Trinajstić information content (AvgIpc) is 3.58. The Bertz CT molecular complexity index is 1570. The normalized spacial score (nSPS) is 12.8. The molecule has 3 N–H and O–H groups in total. The zero-order valence-corrected chi connectivity index (χ0v) is 20.3. The summed E-state index contributed by atoms with van der Waals surface area (Å²) >= 11 is 0. The number of aryl methyl sites for hydroxylation is 1. The number of H-pyrrole nitrogens is 1. The van der Waals surface area contributed by atoms with Crippen LogP contribution in [0.2, 0.25) is 0 Å². The Hall–Kier alpha value is -4.43. The van der Waals surface area contributed by atoms with Crippen LogP contribution in [0.3, 0.4) is 0 Å². The van der Waals surface area contributed by atoms with Crippen molar-refractivity contribution in [3.05, 3.63) is 77.4 Å². The van der Waals surface area contributed by atoms with Crippen LogP contribution in [0.1, 0.15) is 21.5 Å². The lowest BCUT2D eigenvalue weighted by molar-refractivity contribution is 0.0827. The van der Waals surface area contributed by atoms with Gasteiger partial charge in [-0.15, -0.1) is 0 Å². The van der Waals surface area contributed by atoms with E-state index in [0.717, 1.165) is 40.8 Å². The number of amides is 1. The summed E-state index contributed by atoms with van der Waals surface area (Å²) in [4.78, 5) is 21.8. The van der Waals surface area contributed by atoms with Crippen LogP contribution < -0.4 is 5.32 Å². The van der Waals surface area contributed by atoms with Gasteiger partial charge in [0.1, 0.15) is 11.4 Å². The van der Waals surface area contributed by atoms with Crippen molar-refractivity contribution in [2.75, 3.05) is 14.1 Å². The summed E-state index contributed by atoms with van der Waals surface area (Å²) in [6.07, 6.45) is 0. The van der Waals surface area contributed by atoms with Crippen LogP contribution in [0.15, 0.2) is 60.7 Å². The van der Waals surface area contributed by atoms with Gasteiger partial charge in [-0.2, -0.15) is 5.10 Å². The van der Waals surface area contributed by atoms with Gasteiger partial charge in [0.15, 0.2) is 11.6 Å². The van der Waals surface area contributed by atoms with Gasteiger partial charge in [0.25, 0.3) is 5.91 Å². The number of rotatable bonds is 4. The summed E-state index contributed by atoms with van der Waals surface area (Å²) in [5, 5.41) is 19.1. The molecule has 3 heterocycles. The molecule has 0 saturated carbocycles. The van der Waals surface area contributed by atoms with E-state index in [0.29, 0.717) is 22.8 Å². The second-order valence-corrected chi connectivity index (χ2v) is 9.35. The van der Waals surface area contributed by atoms with Gasteiger partial charge in [-0.25, -0.2) is 4.98 Å². The van der Waals surface area contributed by atoms with Crippen molar-refractivity contribution in [3.8, 4) is 39.7 Å². The predicted molar refractivity (Wildman–Crippen MR) is 139 cm³/mol. The maximum Gasteiger partial charge on any atom is 0.253 e. The quantitative estimate of drug-likeness (QED) is 0.358. The third kappa shape index (κ3) is 3.63. The first-order valence-corrected chi connectivity index (χ1v) is 11.8. The fraction of sp³-hybridized carbons (Fsp3) is 0.179. The zero-order chi connectivity index (χ0) is 25.0. The van der Waals surface area contributed by atoms with Crippen molar-refractivity contribution in [2.45, 2.75) is 13.1 Å². The maximum atomic E-state index is 12.1. The number of aromatic hydroxyl groups is 1. The predicted octanol–water partition coefficient (Wildman–Crippen LogP) is 4.31. The number of carbonyl (C=O) groups excluding carboxylic acids is 1. The fourth-order valence-electron chi connectivity index (χ4n) is 4.77. The zero-order valence-electron chi connectivity index (χ0n) is 20.3. The third-order valence-electron chi connectivity index (χ3n) is 6.71. The summed E-state index contributed by atoms with van der Waals surface area (Å²) in [5.41, 5.74) is 8.86. The highest BCUT2D eigenvalue weighted by molar-refractivity contribution is 5.94. The Labute approximate surface area is 208 Å². The average molecular weight is 479 g/mol. The highest BCUT2D eigenvalue weighted by Gasteiger charge is 2.22. The van der Waals surface area contributed by atoms with E-state index in [1.807, 2.05) is 48.5 Å². The first kappa shape index (κ1) is 22.1. The van der Waals surface area contributed by atoms with Crippen molar-refractivity contribution in [1.29, 1.82) is 0 Å². The number of hydrogen-bond donors (Lipinski definition) is 3. The summed E-state index contributed by atoms with van der Waals surface area (Å²) in [6, 6.07) is 19.6. The van der Waals surface area contributed by atoms with Gasteiger partial charge < -0.3 is 20.3 Å². The Morgan fingerprint density at radius 3 is 2.22 bits per heavy atom. The standard InChI is InChI=1S/C28H26N6O2/c1-33(2)28(36)19-10-6-17(7-11-19)16-4-8-18(9-5-16)24-26(35)25(34(3)32-24)27-30-22-12-20-14-29-15-21(20)13-23(22)31-27/h4-13,29,35H,14-15H2,1-3H3,(H,30,31). The number of aromatic nitrogens is 4. The Balaban J connectivity index is 1.30. The second kappa shape index (κ2) is 8.35. The monoisotopic (exact) mass is 478 g/mol. The van der Waals surface area contributed by atoms with E-state index < -0.39 is 0 Å². The largest absolute Gasteiger partial charge is 0.504 e. The van der Waals surface area contributed by atoms with Crippen LogP contribution in [0, 0.1) is 0 Å². The van der Waals surface area contributed by atoms with Crippen LogP contribution in [0.5, 0.6) is 5.75 Å². The molecule has 1 amide bonds. The first-order valence-electron chi connectivity index (χ1n) is 11.8. The number of hydrogen-bond acceptors (Lipinski definition) is 5. The van der Waals surface area contributed by atoms with Gasteiger partial charge in [0, 0.05) is 45.4 Å². The molecule has 0 radical (unpaired) electrons.